The second kappa shape index (κ2) is 8.14. The number of nitrogens with zero attached hydrogens (tertiary/aromatic N) is 1. The predicted octanol–water partition coefficient (Wildman–Crippen LogP) is 1.86. The molecular weight excluding hydrogens is 350 g/mol. The fourth-order valence-electron chi connectivity index (χ4n) is 2.76. The zero-order valence-electron chi connectivity index (χ0n) is 14.3. The number of fused-ring (bicyclic) bond motifs is 1. The van der Waals surface area contributed by atoms with Gasteiger partial charge in [-0.2, -0.15) is 0 Å². The number of aliphatic imine (C=N–C) groups is 1. The lowest BCUT2D eigenvalue weighted by Crippen LogP contribution is -2.25. The summed E-state index contributed by atoms with van der Waals surface area (Å²) < 4.78 is 26.4. The first kappa shape index (κ1) is 18.1. The Bertz CT molecular complexity index is 909. The van der Waals surface area contributed by atoms with Crippen LogP contribution in [0, 0.1) is 0 Å². The molecule has 0 spiro atoms. The summed E-state index contributed by atoms with van der Waals surface area (Å²) in [6.07, 6.45) is 1.72. The third-order valence-corrected chi connectivity index (χ3v) is 5.47. The molecule has 0 atom stereocenters. The number of hydrogen-bond acceptors (Lipinski definition) is 4. The Morgan fingerprint density at radius 2 is 1.77 bits per heavy atom. The Labute approximate surface area is 153 Å². The summed E-state index contributed by atoms with van der Waals surface area (Å²) >= 11 is 0. The Hall–Kier alpha value is -2.67. The number of hydrogen-bond donors (Lipinski definition) is 2. The van der Waals surface area contributed by atoms with Gasteiger partial charge in [0.2, 0.25) is 5.91 Å². The lowest BCUT2D eigenvalue weighted by atomic mass is 10.1. The van der Waals surface area contributed by atoms with Gasteiger partial charge in [-0.3, -0.25) is 14.5 Å². The van der Waals surface area contributed by atoms with E-state index in [1.807, 2.05) is 30.3 Å². The van der Waals surface area contributed by atoms with Crippen molar-refractivity contribution in [2.24, 2.45) is 4.99 Å². The molecule has 1 heterocycles. The third-order valence-electron chi connectivity index (χ3n) is 4.07. The quantitative estimate of drug-likeness (QED) is 0.728. The highest BCUT2D eigenvalue weighted by molar-refractivity contribution is 7.90. The number of carbonyl (C=O) groups is 1. The fraction of sp³-hybridized carbons (Fsp3) is 0.263. The Morgan fingerprint density at radius 3 is 2.58 bits per heavy atom. The normalized spacial score (nSPS) is 16.1. The van der Waals surface area contributed by atoms with Crippen molar-refractivity contribution < 1.29 is 13.2 Å². The maximum absolute atomic E-state index is 12.0. The predicted molar refractivity (Wildman–Crippen MR) is 101 cm³/mol. The van der Waals surface area contributed by atoms with Crippen LogP contribution in [0.3, 0.4) is 0 Å². The van der Waals surface area contributed by atoms with E-state index in [9.17, 15) is 13.2 Å². The second-order valence-electron chi connectivity index (χ2n) is 6.02. The minimum absolute atomic E-state index is 0.0199. The molecule has 0 unspecified atom stereocenters. The maximum atomic E-state index is 12.0. The molecule has 0 bridgehead atoms. The van der Waals surface area contributed by atoms with E-state index in [1.165, 1.54) is 5.56 Å². The molecule has 0 aromatic heterocycles. The molecule has 0 fully saturated rings. The van der Waals surface area contributed by atoms with Crippen LogP contribution in [0.4, 0.5) is 0 Å². The topological polar surface area (TPSA) is 87.6 Å². The van der Waals surface area contributed by atoms with E-state index in [0.29, 0.717) is 37.3 Å². The zero-order valence-corrected chi connectivity index (χ0v) is 15.1. The molecular formula is C19H21N3O3S. The molecule has 2 aromatic rings. The van der Waals surface area contributed by atoms with Gasteiger partial charge in [0.15, 0.2) is 0 Å². The molecule has 1 amide bonds. The minimum atomic E-state index is -3.51. The molecule has 2 N–H and O–H groups in total. The Morgan fingerprint density at radius 1 is 1.04 bits per heavy atom. The third kappa shape index (κ3) is 4.49. The second-order valence-corrected chi connectivity index (χ2v) is 7.67. The van der Waals surface area contributed by atoms with E-state index in [4.69, 9.17) is 0 Å². The van der Waals surface area contributed by atoms with Gasteiger partial charge in [-0.15, -0.1) is 0 Å². The Kier molecular flexibility index (Phi) is 5.68. The number of sulfonamides is 1. The minimum Gasteiger partial charge on any atom is -0.356 e. The molecule has 7 heteroatoms. The van der Waals surface area contributed by atoms with Crippen molar-refractivity contribution in [3.05, 3.63) is 65.7 Å². The van der Waals surface area contributed by atoms with Crippen LogP contribution in [-0.2, 0) is 21.2 Å². The van der Waals surface area contributed by atoms with Crippen LogP contribution in [0.1, 0.15) is 24.0 Å². The summed E-state index contributed by atoms with van der Waals surface area (Å²) in [5.74, 6) is 0.332. The molecule has 2 aromatic carbocycles. The maximum Gasteiger partial charge on any atom is 0.263 e. The van der Waals surface area contributed by atoms with E-state index in [-0.39, 0.29) is 10.8 Å². The van der Waals surface area contributed by atoms with Crippen molar-refractivity contribution in [3.8, 4) is 0 Å². The average Bonchev–Trinajstić information content (AvgIpc) is 2.91. The lowest BCUT2D eigenvalue weighted by molar-refractivity contribution is -0.121. The lowest BCUT2D eigenvalue weighted by Gasteiger charge is -2.05. The largest absolute Gasteiger partial charge is 0.356 e. The molecule has 3 rings (SSSR count). The first-order chi connectivity index (χ1) is 12.6. The standard InChI is InChI=1S/C19H21N3O3S/c23-18(20-14-12-15-7-2-1-3-8-15)11-6-13-21-19-16-9-4-5-10-17(16)26(24,25)22-19/h1-5,7-10H,6,11-14H2,(H,20,23)(H,21,22). The average molecular weight is 371 g/mol. The summed E-state index contributed by atoms with van der Waals surface area (Å²) in [4.78, 5) is 16.4. The van der Waals surface area contributed by atoms with Crippen LogP contribution < -0.4 is 10.0 Å². The van der Waals surface area contributed by atoms with E-state index in [1.54, 1.807) is 24.3 Å². The smallest absolute Gasteiger partial charge is 0.263 e. The molecule has 0 aliphatic carbocycles. The molecule has 0 saturated heterocycles. The van der Waals surface area contributed by atoms with Gasteiger partial charge >= 0.3 is 0 Å². The summed E-state index contributed by atoms with van der Waals surface area (Å²) in [6.45, 7) is 0.989. The van der Waals surface area contributed by atoms with Gasteiger partial charge in [-0.25, -0.2) is 8.42 Å². The highest BCUT2D eigenvalue weighted by Gasteiger charge is 2.29. The molecule has 0 radical (unpaired) electrons. The van der Waals surface area contributed by atoms with E-state index < -0.39 is 10.0 Å². The van der Waals surface area contributed by atoms with Crippen LogP contribution in [0.5, 0.6) is 0 Å². The Balaban J connectivity index is 1.43. The number of nitrogens with one attached hydrogen (secondary N) is 2. The summed E-state index contributed by atoms with van der Waals surface area (Å²) in [5.41, 5.74) is 1.77. The van der Waals surface area contributed by atoms with Crippen LogP contribution in [0.2, 0.25) is 0 Å². The highest BCUT2D eigenvalue weighted by Crippen LogP contribution is 2.22. The first-order valence-corrected chi connectivity index (χ1v) is 10.0. The van der Waals surface area contributed by atoms with Gasteiger partial charge in [-0.05, 0) is 30.5 Å². The van der Waals surface area contributed by atoms with E-state index in [2.05, 4.69) is 15.0 Å². The molecule has 0 saturated carbocycles. The van der Waals surface area contributed by atoms with Crippen molar-refractivity contribution in [2.45, 2.75) is 24.2 Å². The number of benzene rings is 2. The molecule has 26 heavy (non-hydrogen) atoms. The zero-order chi connectivity index (χ0) is 18.4. The highest BCUT2D eigenvalue weighted by atomic mass is 32.2. The summed E-state index contributed by atoms with van der Waals surface area (Å²) in [5, 5.41) is 2.89. The van der Waals surface area contributed by atoms with E-state index in [0.717, 1.165) is 6.42 Å². The van der Waals surface area contributed by atoms with Crippen molar-refractivity contribution in [3.63, 3.8) is 0 Å². The van der Waals surface area contributed by atoms with Gasteiger partial charge in [0.05, 0.1) is 4.90 Å². The van der Waals surface area contributed by atoms with Gasteiger partial charge in [0.1, 0.15) is 5.84 Å². The number of carbonyl (C=O) groups excluding carboxylic acids is 1. The van der Waals surface area contributed by atoms with Crippen LogP contribution in [0.25, 0.3) is 0 Å². The van der Waals surface area contributed by atoms with Gasteiger partial charge < -0.3 is 5.32 Å². The van der Waals surface area contributed by atoms with Gasteiger partial charge in [-0.1, -0.05) is 42.5 Å². The van der Waals surface area contributed by atoms with Crippen molar-refractivity contribution in [1.82, 2.24) is 10.0 Å². The van der Waals surface area contributed by atoms with Crippen LogP contribution in [-0.4, -0.2) is 33.3 Å². The van der Waals surface area contributed by atoms with Crippen molar-refractivity contribution >= 4 is 21.8 Å². The van der Waals surface area contributed by atoms with E-state index >= 15 is 0 Å². The summed E-state index contributed by atoms with van der Waals surface area (Å²) in [7, 11) is -3.51. The monoisotopic (exact) mass is 371 g/mol. The first-order valence-electron chi connectivity index (χ1n) is 8.53. The van der Waals surface area contributed by atoms with Crippen molar-refractivity contribution in [2.75, 3.05) is 13.1 Å². The molecule has 136 valence electrons. The van der Waals surface area contributed by atoms with Gasteiger partial charge in [0, 0.05) is 25.1 Å². The molecule has 1 aliphatic rings. The van der Waals surface area contributed by atoms with Crippen molar-refractivity contribution in [1.29, 1.82) is 0 Å². The molecule has 6 nitrogen and oxygen atoms in total. The van der Waals surface area contributed by atoms with Gasteiger partial charge in [0.25, 0.3) is 10.0 Å². The SMILES string of the molecule is O=C(CCCN=C1NS(=O)(=O)c2ccccc21)NCCc1ccccc1. The summed E-state index contributed by atoms with van der Waals surface area (Å²) in [6, 6.07) is 16.7. The number of amidine groups is 1. The van der Waals surface area contributed by atoms with Crippen LogP contribution >= 0.6 is 0 Å². The van der Waals surface area contributed by atoms with Crippen LogP contribution in [0.15, 0.2) is 64.5 Å². The fourth-order valence-corrected chi connectivity index (χ4v) is 4.01. The molecule has 1 aliphatic heterocycles. The number of rotatable bonds is 7. The number of amides is 1.